The van der Waals surface area contributed by atoms with Crippen LogP contribution in [0, 0.1) is 5.82 Å². The van der Waals surface area contributed by atoms with E-state index in [0.29, 0.717) is 24.3 Å². The van der Waals surface area contributed by atoms with E-state index in [1.54, 1.807) is 0 Å². The Morgan fingerprint density at radius 1 is 1.38 bits per heavy atom. The van der Waals surface area contributed by atoms with Crippen LogP contribution in [-0.2, 0) is 4.79 Å². The van der Waals surface area contributed by atoms with Crippen molar-refractivity contribution in [3.05, 3.63) is 24.0 Å². The Morgan fingerprint density at radius 2 is 2.06 bits per heavy atom. The maximum atomic E-state index is 13.1. The van der Waals surface area contributed by atoms with Gasteiger partial charge in [0.15, 0.2) is 5.60 Å². The second-order valence-corrected chi connectivity index (χ2v) is 3.90. The molecule has 1 aliphatic heterocycles. The highest BCUT2D eigenvalue weighted by Crippen LogP contribution is 2.36. The zero-order valence-corrected chi connectivity index (χ0v) is 9.34. The first kappa shape index (κ1) is 10.9. The Balaban J connectivity index is 2.43. The van der Waals surface area contributed by atoms with Gasteiger partial charge < -0.3 is 10.1 Å². The molecular weight excluding hydrogens is 209 g/mol. The fraction of sp³-hybridized carbons (Fsp3) is 0.417. The lowest BCUT2D eigenvalue weighted by Gasteiger charge is -2.36. The maximum Gasteiger partial charge on any atom is 0.268 e. The normalized spacial score (nSPS) is 17.3. The number of ether oxygens (including phenoxy) is 1. The summed E-state index contributed by atoms with van der Waals surface area (Å²) in [4.78, 5) is 11.9. The van der Waals surface area contributed by atoms with Gasteiger partial charge in [-0.1, -0.05) is 13.8 Å². The molecule has 1 aliphatic rings. The zero-order valence-electron chi connectivity index (χ0n) is 9.34. The van der Waals surface area contributed by atoms with Gasteiger partial charge in [-0.3, -0.25) is 4.79 Å². The molecule has 2 rings (SSSR count). The molecular formula is C12H14FNO2. The van der Waals surface area contributed by atoms with Gasteiger partial charge in [0.2, 0.25) is 0 Å². The number of fused-ring (bicyclic) bond motifs is 1. The third kappa shape index (κ3) is 1.54. The van der Waals surface area contributed by atoms with E-state index in [2.05, 4.69) is 5.32 Å². The molecule has 1 heterocycles. The zero-order chi connectivity index (χ0) is 11.8. The van der Waals surface area contributed by atoms with Crippen LogP contribution in [0.4, 0.5) is 10.1 Å². The van der Waals surface area contributed by atoms with Crippen LogP contribution >= 0.6 is 0 Å². The number of amides is 1. The monoisotopic (exact) mass is 223 g/mol. The number of halogens is 1. The highest BCUT2D eigenvalue weighted by Gasteiger charge is 2.41. The van der Waals surface area contributed by atoms with Gasteiger partial charge in [-0.15, -0.1) is 0 Å². The van der Waals surface area contributed by atoms with E-state index in [4.69, 9.17) is 4.74 Å². The van der Waals surface area contributed by atoms with E-state index in [9.17, 15) is 9.18 Å². The van der Waals surface area contributed by atoms with Gasteiger partial charge in [-0.05, 0) is 25.0 Å². The molecule has 0 unspecified atom stereocenters. The average molecular weight is 223 g/mol. The predicted octanol–water partition coefficient (Wildman–Crippen LogP) is 2.72. The molecule has 3 nitrogen and oxygen atoms in total. The summed E-state index contributed by atoms with van der Waals surface area (Å²) < 4.78 is 18.7. The molecule has 0 bridgehead atoms. The number of carbonyl (C=O) groups excluding carboxylic acids is 1. The second kappa shape index (κ2) is 3.77. The molecule has 86 valence electrons. The Hall–Kier alpha value is -1.58. The van der Waals surface area contributed by atoms with Crippen molar-refractivity contribution in [2.45, 2.75) is 32.3 Å². The smallest absolute Gasteiger partial charge is 0.268 e. The maximum absolute atomic E-state index is 13.1. The van der Waals surface area contributed by atoms with Crippen molar-refractivity contribution in [2.75, 3.05) is 5.32 Å². The highest BCUT2D eigenvalue weighted by molar-refractivity contribution is 6.00. The lowest BCUT2D eigenvalue weighted by Crippen LogP contribution is -2.49. The summed E-state index contributed by atoms with van der Waals surface area (Å²) in [6.07, 6.45) is 1.12. The summed E-state index contributed by atoms with van der Waals surface area (Å²) in [7, 11) is 0. The first-order chi connectivity index (χ1) is 7.61. The third-order valence-electron chi connectivity index (χ3n) is 3.05. The van der Waals surface area contributed by atoms with Gasteiger partial charge in [0.05, 0.1) is 5.69 Å². The minimum Gasteiger partial charge on any atom is -0.475 e. The summed E-state index contributed by atoms with van der Waals surface area (Å²) >= 11 is 0. The van der Waals surface area contributed by atoms with Crippen molar-refractivity contribution >= 4 is 11.6 Å². The molecule has 1 aromatic carbocycles. The Kier molecular flexibility index (Phi) is 2.58. The lowest BCUT2D eigenvalue weighted by molar-refractivity contribution is -0.133. The number of benzene rings is 1. The molecule has 0 saturated heterocycles. The van der Waals surface area contributed by atoms with E-state index >= 15 is 0 Å². The van der Waals surface area contributed by atoms with Crippen molar-refractivity contribution in [3.8, 4) is 5.75 Å². The lowest BCUT2D eigenvalue weighted by atomic mass is 9.94. The largest absolute Gasteiger partial charge is 0.475 e. The van der Waals surface area contributed by atoms with Gasteiger partial charge in [-0.2, -0.15) is 0 Å². The fourth-order valence-corrected chi connectivity index (χ4v) is 1.89. The van der Waals surface area contributed by atoms with Crippen LogP contribution in [-0.4, -0.2) is 11.5 Å². The van der Waals surface area contributed by atoms with Gasteiger partial charge in [0.25, 0.3) is 5.91 Å². The molecule has 1 aromatic rings. The van der Waals surface area contributed by atoms with Crippen LogP contribution in [0.3, 0.4) is 0 Å². The number of hydrogen-bond acceptors (Lipinski definition) is 2. The SMILES string of the molecule is CCC1(CC)Oc2cc(F)ccc2NC1=O. The van der Waals surface area contributed by atoms with Crippen LogP contribution in [0.1, 0.15) is 26.7 Å². The van der Waals surface area contributed by atoms with Gasteiger partial charge in [0, 0.05) is 6.07 Å². The fourth-order valence-electron chi connectivity index (χ4n) is 1.89. The van der Waals surface area contributed by atoms with Crippen molar-refractivity contribution in [1.82, 2.24) is 0 Å². The van der Waals surface area contributed by atoms with E-state index in [1.165, 1.54) is 18.2 Å². The van der Waals surface area contributed by atoms with Crippen LogP contribution in [0.5, 0.6) is 5.75 Å². The van der Waals surface area contributed by atoms with E-state index in [0.717, 1.165) is 0 Å². The summed E-state index contributed by atoms with van der Waals surface area (Å²) in [5.41, 5.74) is -0.329. The Morgan fingerprint density at radius 3 is 2.69 bits per heavy atom. The molecule has 1 N–H and O–H groups in total. The quantitative estimate of drug-likeness (QED) is 0.837. The first-order valence-corrected chi connectivity index (χ1v) is 5.41. The molecule has 1 amide bonds. The molecule has 4 heteroatoms. The van der Waals surface area contributed by atoms with Crippen LogP contribution < -0.4 is 10.1 Å². The van der Waals surface area contributed by atoms with E-state index in [1.807, 2.05) is 13.8 Å². The Labute approximate surface area is 93.6 Å². The average Bonchev–Trinajstić information content (AvgIpc) is 2.29. The summed E-state index contributed by atoms with van der Waals surface area (Å²) in [5, 5.41) is 2.75. The highest BCUT2D eigenvalue weighted by atomic mass is 19.1. The van der Waals surface area contributed by atoms with Crippen molar-refractivity contribution in [1.29, 1.82) is 0 Å². The standard InChI is InChI=1S/C12H14FNO2/c1-3-12(4-2)11(15)14-9-6-5-8(13)7-10(9)16-12/h5-7H,3-4H2,1-2H3,(H,14,15). The van der Waals surface area contributed by atoms with E-state index < -0.39 is 5.60 Å². The second-order valence-electron chi connectivity index (χ2n) is 3.90. The van der Waals surface area contributed by atoms with Crippen molar-refractivity contribution in [2.24, 2.45) is 0 Å². The van der Waals surface area contributed by atoms with Crippen LogP contribution in [0.2, 0.25) is 0 Å². The van der Waals surface area contributed by atoms with Crippen molar-refractivity contribution in [3.63, 3.8) is 0 Å². The summed E-state index contributed by atoms with van der Waals surface area (Å²) in [6.45, 7) is 3.76. The number of hydrogen-bond donors (Lipinski definition) is 1. The minimum absolute atomic E-state index is 0.156. The molecule has 0 aromatic heterocycles. The number of carbonyl (C=O) groups is 1. The van der Waals surface area contributed by atoms with Crippen LogP contribution in [0.25, 0.3) is 0 Å². The Bertz CT molecular complexity index is 427. The van der Waals surface area contributed by atoms with Crippen molar-refractivity contribution < 1.29 is 13.9 Å². The van der Waals surface area contributed by atoms with Gasteiger partial charge in [-0.25, -0.2) is 4.39 Å². The third-order valence-corrected chi connectivity index (χ3v) is 3.05. The molecule has 16 heavy (non-hydrogen) atoms. The minimum atomic E-state index is -0.860. The van der Waals surface area contributed by atoms with Crippen LogP contribution in [0.15, 0.2) is 18.2 Å². The molecule has 0 radical (unpaired) electrons. The summed E-state index contributed by atoms with van der Waals surface area (Å²) in [5.74, 6) is -0.115. The molecule has 0 fully saturated rings. The molecule has 0 spiro atoms. The predicted molar refractivity (Wildman–Crippen MR) is 59.0 cm³/mol. The summed E-state index contributed by atoms with van der Waals surface area (Å²) in [6, 6.07) is 4.11. The topological polar surface area (TPSA) is 38.3 Å². The van der Waals surface area contributed by atoms with Gasteiger partial charge in [0.1, 0.15) is 11.6 Å². The molecule has 0 atom stereocenters. The molecule has 0 saturated carbocycles. The first-order valence-electron chi connectivity index (χ1n) is 5.41. The van der Waals surface area contributed by atoms with Gasteiger partial charge >= 0.3 is 0 Å². The number of anilines is 1. The number of nitrogens with one attached hydrogen (secondary N) is 1. The molecule has 0 aliphatic carbocycles. The number of rotatable bonds is 2. The van der Waals surface area contributed by atoms with E-state index in [-0.39, 0.29) is 11.7 Å².